The molecule has 0 unspecified atom stereocenters. The van der Waals surface area contributed by atoms with Gasteiger partial charge in [-0.25, -0.2) is 4.98 Å². The van der Waals surface area contributed by atoms with Crippen LogP contribution in [0.2, 0.25) is 0 Å². The highest BCUT2D eigenvalue weighted by atomic mass is 16.5. The summed E-state index contributed by atoms with van der Waals surface area (Å²) in [6, 6.07) is 11.7. The van der Waals surface area contributed by atoms with Crippen molar-refractivity contribution in [1.82, 2.24) is 14.7 Å². The predicted molar refractivity (Wildman–Crippen MR) is 78.0 cm³/mol. The normalized spacial score (nSPS) is 10.8. The van der Waals surface area contributed by atoms with Crippen molar-refractivity contribution in [3.8, 4) is 11.3 Å². The number of aromatic nitrogens is 3. The molecule has 2 heterocycles. The van der Waals surface area contributed by atoms with Crippen molar-refractivity contribution in [2.75, 3.05) is 0 Å². The summed E-state index contributed by atoms with van der Waals surface area (Å²) in [5.74, 6) is 1.10. The first-order valence-corrected chi connectivity index (χ1v) is 6.69. The first-order chi connectivity index (χ1) is 10.1. The van der Waals surface area contributed by atoms with Crippen LogP contribution in [0, 0.1) is 6.92 Å². The van der Waals surface area contributed by atoms with E-state index in [2.05, 4.69) is 10.1 Å². The Morgan fingerprint density at radius 1 is 1.29 bits per heavy atom. The molecule has 0 N–H and O–H groups in total. The molecule has 0 saturated carbocycles. The highest BCUT2D eigenvalue weighted by Gasteiger charge is 2.14. The molecule has 0 bridgehead atoms. The second-order valence-corrected chi connectivity index (χ2v) is 4.91. The van der Waals surface area contributed by atoms with Gasteiger partial charge in [0.25, 0.3) is 0 Å². The van der Waals surface area contributed by atoms with E-state index < -0.39 is 0 Å². The largest absolute Gasteiger partial charge is 0.356 e. The molecule has 106 valence electrons. The molecule has 1 aromatic carbocycles. The lowest BCUT2D eigenvalue weighted by Crippen LogP contribution is -2.10. The van der Waals surface area contributed by atoms with E-state index in [1.807, 2.05) is 47.9 Å². The summed E-state index contributed by atoms with van der Waals surface area (Å²) in [5, 5.41) is 4.07. The van der Waals surface area contributed by atoms with E-state index in [1.165, 1.54) is 6.92 Å². The minimum Gasteiger partial charge on any atom is -0.356 e. The molecular weight excluding hydrogens is 266 g/mol. The maximum atomic E-state index is 11.6. The third-order valence-corrected chi connectivity index (χ3v) is 3.31. The van der Waals surface area contributed by atoms with Crippen molar-refractivity contribution in [2.45, 2.75) is 20.4 Å². The smallest absolute Gasteiger partial charge is 0.195 e. The van der Waals surface area contributed by atoms with Crippen LogP contribution in [0.4, 0.5) is 0 Å². The van der Waals surface area contributed by atoms with Gasteiger partial charge >= 0.3 is 0 Å². The Kier molecular flexibility index (Phi) is 3.39. The number of carbonyl (C=O) groups is 1. The molecule has 0 radical (unpaired) electrons. The van der Waals surface area contributed by atoms with E-state index in [0.717, 1.165) is 17.0 Å². The summed E-state index contributed by atoms with van der Waals surface area (Å²) in [6.45, 7) is 3.89. The third kappa shape index (κ3) is 2.63. The van der Waals surface area contributed by atoms with Crippen LogP contribution in [0.5, 0.6) is 0 Å². The number of carbonyl (C=O) groups excluding carboxylic acids is 1. The van der Waals surface area contributed by atoms with Crippen molar-refractivity contribution < 1.29 is 9.32 Å². The molecule has 5 heteroatoms. The molecule has 21 heavy (non-hydrogen) atoms. The van der Waals surface area contributed by atoms with Gasteiger partial charge in [0.05, 0.1) is 6.54 Å². The fraction of sp³-hybridized carbons (Fsp3) is 0.188. The van der Waals surface area contributed by atoms with Crippen LogP contribution in [0.1, 0.15) is 28.9 Å². The second-order valence-electron chi connectivity index (χ2n) is 4.91. The van der Waals surface area contributed by atoms with Gasteiger partial charge in [0, 0.05) is 30.4 Å². The van der Waals surface area contributed by atoms with Crippen LogP contribution in [0.15, 0.2) is 47.1 Å². The molecule has 0 aliphatic rings. The van der Waals surface area contributed by atoms with Crippen molar-refractivity contribution >= 4 is 5.78 Å². The van der Waals surface area contributed by atoms with Crippen LogP contribution in [0.25, 0.3) is 11.3 Å². The van der Waals surface area contributed by atoms with Gasteiger partial charge in [0.2, 0.25) is 0 Å². The Bertz CT molecular complexity index is 772. The summed E-state index contributed by atoms with van der Waals surface area (Å²) < 4.78 is 7.21. The number of aryl methyl sites for hydroxylation is 1. The Balaban J connectivity index is 1.89. The van der Waals surface area contributed by atoms with Crippen LogP contribution in [-0.4, -0.2) is 20.5 Å². The Morgan fingerprint density at radius 3 is 2.76 bits per heavy atom. The van der Waals surface area contributed by atoms with E-state index in [0.29, 0.717) is 18.1 Å². The van der Waals surface area contributed by atoms with Crippen molar-refractivity contribution in [1.29, 1.82) is 0 Å². The molecule has 0 amide bonds. The molecule has 5 nitrogen and oxygen atoms in total. The lowest BCUT2D eigenvalue weighted by molar-refractivity contribution is 0.0999. The van der Waals surface area contributed by atoms with Crippen LogP contribution < -0.4 is 0 Å². The van der Waals surface area contributed by atoms with Crippen LogP contribution in [-0.2, 0) is 6.54 Å². The average molecular weight is 281 g/mol. The first-order valence-electron chi connectivity index (χ1n) is 6.69. The van der Waals surface area contributed by atoms with Gasteiger partial charge < -0.3 is 9.09 Å². The highest BCUT2D eigenvalue weighted by Crippen LogP contribution is 2.20. The zero-order valence-electron chi connectivity index (χ0n) is 11.9. The zero-order chi connectivity index (χ0) is 14.8. The van der Waals surface area contributed by atoms with Crippen molar-refractivity contribution in [2.24, 2.45) is 0 Å². The molecule has 0 atom stereocenters. The van der Waals surface area contributed by atoms with E-state index in [9.17, 15) is 4.79 Å². The standard InChI is InChI=1S/C16H15N3O2/c1-11-9-17-16(12(2)20)19(11)10-14-8-15(21-18-14)13-6-4-3-5-7-13/h3-9H,10H2,1-2H3. The fourth-order valence-corrected chi connectivity index (χ4v) is 2.23. The van der Waals surface area contributed by atoms with Crippen LogP contribution >= 0.6 is 0 Å². The minimum atomic E-state index is -0.0603. The number of hydrogen-bond donors (Lipinski definition) is 0. The summed E-state index contributed by atoms with van der Waals surface area (Å²) >= 11 is 0. The van der Waals surface area contributed by atoms with Crippen LogP contribution in [0.3, 0.4) is 0 Å². The van der Waals surface area contributed by atoms with Gasteiger partial charge in [0.15, 0.2) is 17.4 Å². The van der Waals surface area contributed by atoms with E-state index in [4.69, 9.17) is 4.52 Å². The Morgan fingerprint density at radius 2 is 2.05 bits per heavy atom. The minimum absolute atomic E-state index is 0.0603. The lowest BCUT2D eigenvalue weighted by atomic mass is 10.1. The van der Waals surface area contributed by atoms with Gasteiger partial charge in [-0.3, -0.25) is 4.79 Å². The fourth-order valence-electron chi connectivity index (χ4n) is 2.23. The SMILES string of the molecule is CC(=O)c1ncc(C)n1Cc1cc(-c2ccccc2)on1. The number of hydrogen-bond acceptors (Lipinski definition) is 4. The molecule has 0 aliphatic heterocycles. The van der Waals surface area contributed by atoms with E-state index in [-0.39, 0.29) is 5.78 Å². The number of benzene rings is 1. The Labute approximate surface area is 122 Å². The number of nitrogens with zero attached hydrogens (tertiary/aromatic N) is 3. The molecule has 0 spiro atoms. The Hall–Kier alpha value is -2.69. The highest BCUT2D eigenvalue weighted by molar-refractivity contribution is 5.90. The lowest BCUT2D eigenvalue weighted by Gasteiger charge is -2.05. The number of imidazole rings is 1. The monoisotopic (exact) mass is 281 g/mol. The average Bonchev–Trinajstić information content (AvgIpc) is 3.08. The topological polar surface area (TPSA) is 60.9 Å². The maximum Gasteiger partial charge on any atom is 0.195 e. The van der Waals surface area contributed by atoms with Crippen molar-refractivity contribution in [3.63, 3.8) is 0 Å². The first kappa shape index (κ1) is 13.3. The molecule has 0 fully saturated rings. The molecular formula is C16H15N3O2. The summed E-state index contributed by atoms with van der Waals surface area (Å²) in [7, 11) is 0. The maximum absolute atomic E-state index is 11.6. The molecule has 0 saturated heterocycles. The van der Waals surface area contributed by atoms with E-state index >= 15 is 0 Å². The van der Waals surface area contributed by atoms with Gasteiger partial charge in [-0.15, -0.1) is 0 Å². The number of rotatable bonds is 4. The molecule has 2 aromatic heterocycles. The predicted octanol–water partition coefficient (Wildman–Crippen LogP) is 3.10. The van der Waals surface area contributed by atoms with Gasteiger partial charge in [-0.2, -0.15) is 0 Å². The second kappa shape index (κ2) is 5.36. The zero-order valence-corrected chi connectivity index (χ0v) is 11.9. The number of ketones is 1. The third-order valence-electron chi connectivity index (χ3n) is 3.31. The summed E-state index contributed by atoms with van der Waals surface area (Å²) in [5.41, 5.74) is 2.66. The quantitative estimate of drug-likeness (QED) is 0.689. The molecule has 0 aliphatic carbocycles. The van der Waals surface area contributed by atoms with Gasteiger partial charge in [-0.1, -0.05) is 35.5 Å². The molecule has 3 rings (SSSR count). The van der Waals surface area contributed by atoms with E-state index in [1.54, 1.807) is 6.20 Å². The van der Waals surface area contributed by atoms with Crippen molar-refractivity contribution in [3.05, 3.63) is 59.8 Å². The summed E-state index contributed by atoms with van der Waals surface area (Å²) in [6.07, 6.45) is 1.69. The summed E-state index contributed by atoms with van der Waals surface area (Å²) in [4.78, 5) is 15.7. The number of Topliss-reactive ketones (excluding diaryl/α,β-unsaturated/α-hetero) is 1. The molecule has 3 aromatic rings. The van der Waals surface area contributed by atoms with Gasteiger partial charge in [-0.05, 0) is 6.92 Å². The van der Waals surface area contributed by atoms with Gasteiger partial charge in [0.1, 0.15) is 5.69 Å².